The molecule has 0 aliphatic rings. The van der Waals surface area contributed by atoms with Crippen LogP contribution in [0.15, 0.2) is 30.9 Å². The average molecular weight is 197 g/mol. The van der Waals surface area contributed by atoms with E-state index in [1.165, 1.54) is 0 Å². The molecule has 0 aliphatic heterocycles. The summed E-state index contributed by atoms with van der Waals surface area (Å²) in [5, 5.41) is 0.546. The lowest BCUT2D eigenvalue weighted by Crippen LogP contribution is -1.96. The van der Waals surface area contributed by atoms with Gasteiger partial charge in [0.05, 0.1) is 5.56 Å². The van der Waals surface area contributed by atoms with Crippen molar-refractivity contribution < 1.29 is 9.53 Å². The Balaban J connectivity index is 2.93. The zero-order valence-corrected chi connectivity index (χ0v) is 7.75. The van der Waals surface area contributed by atoms with Gasteiger partial charge in [-0.25, -0.2) is 0 Å². The first-order valence-corrected chi connectivity index (χ1v) is 4.14. The van der Waals surface area contributed by atoms with Crippen LogP contribution >= 0.6 is 11.6 Å². The van der Waals surface area contributed by atoms with Crippen LogP contribution < -0.4 is 4.74 Å². The molecule has 1 aromatic carbocycles. The minimum Gasteiger partial charge on any atom is -0.489 e. The minimum absolute atomic E-state index is 0.362. The van der Waals surface area contributed by atoms with E-state index >= 15 is 0 Å². The third-order valence-corrected chi connectivity index (χ3v) is 1.69. The van der Waals surface area contributed by atoms with Crippen LogP contribution in [0.4, 0.5) is 0 Å². The van der Waals surface area contributed by atoms with E-state index in [2.05, 4.69) is 6.58 Å². The maximum Gasteiger partial charge on any atom is 0.153 e. The number of rotatable bonds is 4. The second kappa shape index (κ2) is 4.67. The van der Waals surface area contributed by atoms with Crippen molar-refractivity contribution in [2.75, 3.05) is 6.61 Å². The summed E-state index contributed by atoms with van der Waals surface area (Å²) in [6.07, 6.45) is 2.34. The molecule has 0 spiro atoms. The van der Waals surface area contributed by atoms with Gasteiger partial charge in [0.25, 0.3) is 0 Å². The highest BCUT2D eigenvalue weighted by molar-refractivity contribution is 6.30. The molecule has 0 bridgehead atoms. The first-order valence-electron chi connectivity index (χ1n) is 3.76. The lowest BCUT2D eigenvalue weighted by atomic mass is 10.2. The van der Waals surface area contributed by atoms with Gasteiger partial charge in [0, 0.05) is 5.02 Å². The van der Waals surface area contributed by atoms with Crippen LogP contribution in [0.3, 0.4) is 0 Å². The van der Waals surface area contributed by atoms with Crippen molar-refractivity contribution in [2.45, 2.75) is 0 Å². The molecule has 0 aliphatic carbocycles. The molecule has 0 amide bonds. The molecule has 68 valence electrons. The molecule has 2 nitrogen and oxygen atoms in total. The maximum absolute atomic E-state index is 10.6. The highest BCUT2D eigenvalue weighted by Crippen LogP contribution is 2.21. The normalized spacial score (nSPS) is 9.31. The zero-order chi connectivity index (χ0) is 9.68. The second-order valence-electron chi connectivity index (χ2n) is 2.40. The number of carbonyl (C=O) groups excluding carboxylic acids is 1. The van der Waals surface area contributed by atoms with Crippen LogP contribution in [0.5, 0.6) is 5.75 Å². The maximum atomic E-state index is 10.6. The smallest absolute Gasteiger partial charge is 0.153 e. The Kier molecular flexibility index (Phi) is 3.53. The second-order valence-corrected chi connectivity index (χ2v) is 2.84. The molecule has 0 N–H and O–H groups in total. The molecular formula is C10H9ClO2. The molecule has 0 atom stereocenters. The van der Waals surface area contributed by atoms with Crippen molar-refractivity contribution in [1.29, 1.82) is 0 Å². The molecule has 13 heavy (non-hydrogen) atoms. The Hall–Kier alpha value is -1.28. The summed E-state index contributed by atoms with van der Waals surface area (Å²) < 4.78 is 5.22. The molecule has 1 aromatic rings. The molecule has 0 fully saturated rings. The Bertz CT molecular complexity index is 321. The van der Waals surface area contributed by atoms with Crippen molar-refractivity contribution in [3.63, 3.8) is 0 Å². The van der Waals surface area contributed by atoms with E-state index in [0.29, 0.717) is 22.9 Å². The van der Waals surface area contributed by atoms with Gasteiger partial charge < -0.3 is 4.74 Å². The van der Waals surface area contributed by atoms with Crippen molar-refractivity contribution in [2.24, 2.45) is 0 Å². The summed E-state index contributed by atoms with van der Waals surface area (Å²) in [6, 6.07) is 4.87. The third-order valence-electron chi connectivity index (χ3n) is 1.46. The van der Waals surface area contributed by atoms with E-state index in [-0.39, 0.29) is 0 Å². The number of carbonyl (C=O) groups is 1. The zero-order valence-electron chi connectivity index (χ0n) is 7.00. The van der Waals surface area contributed by atoms with Gasteiger partial charge in [-0.3, -0.25) is 4.79 Å². The monoisotopic (exact) mass is 196 g/mol. The molecule has 0 aromatic heterocycles. The quantitative estimate of drug-likeness (QED) is 0.547. The number of aldehydes is 1. The topological polar surface area (TPSA) is 26.3 Å². The van der Waals surface area contributed by atoms with Gasteiger partial charge in [-0.05, 0) is 18.2 Å². The van der Waals surface area contributed by atoms with Crippen molar-refractivity contribution in [3.8, 4) is 5.75 Å². The SMILES string of the molecule is C=CCOc1cc(Cl)ccc1C=O. The predicted molar refractivity (Wildman–Crippen MR) is 52.5 cm³/mol. The summed E-state index contributed by atoms with van der Waals surface area (Å²) in [4.78, 5) is 10.6. The van der Waals surface area contributed by atoms with Gasteiger partial charge >= 0.3 is 0 Å². The fourth-order valence-corrected chi connectivity index (χ4v) is 1.04. The standard InChI is InChI=1S/C10H9ClO2/c1-2-5-13-10-6-9(11)4-3-8(10)7-12/h2-4,6-7H,1,5H2. The average Bonchev–Trinajstić information content (AvgIpc) is 2.15. The number of hydrogen-bond donors (Lipinski definition) is 0. The van der Waals surface area contributed by atoms with E-state index in [4.69, 9.17) is 16.3 Å². The fraction of sp³-hybridized carbons (Fsp3) is 0.100. The Morgan fingerprint density at radius 1 is 1.54 bits per heavy atom. The summed E-state index contributed by atoms with van der Waals surface area (Å²) >= 11 is 5.73. The van der Waals surface area contributed by atoms with Gasteiger partial charge in [-0.1, -0.05) is 24.3 Å². The van der Waals surface area contributed by atoms with Crippen LogP contribution in [0, 0.1) is 0 Å². The predicted octanol–water partition coefficient (Wildman–Crippen LogP) is 2.72. The van der Waals surface area contributed by atoms with E-state index in [0.717, 1.165) is 6.29 Å². The lowest BCUT2D eigenvalue weighted by Gasteiger charge is -2.05. The van der Waals surface area contributed by atoms with Crippen molar-refractivity contribution >= 4 is 17.9 Å². The number of halogens is 1. The molecule has 0 saturated heterocycles. The third kappa shape index (κ3) is 2.60. The summed E-state index contributed by atoms with van der Waals surface area (Å²) in [6.45, 7) is 3.87. The largest absolute Gasteiger partial charge is 0.489 e. The van der Waals surface area contributed by atoms with E-state index in [1.54, 1.807) is 24.3 Å². The molecule has 3 heteroatoms. The molecule has 0 radical (unpaired) electrons. The summed E-state index contributed by atoms with van der Waals surface area (Å²) in [7, 11) is 0. The van der Waals surface area contributed by atoms with Crippen molar-refractivity contribution in [3.05, 3.63) is 41.4 Å². The summed E-state index contributed by atoms with van der Waals surface area (Å²) in [5.41, 5.74) is 0.492. The van der Waals surface area contributed by atoms with Crippen LogP contribution in [-0.2, 0) is 0 Å². The molecule has 0 saturated carbocycles. The highest BCUT2D eigenvalue weighted by Gasteiger charge is 2.02. The molecule has 0 unspecified atom stereocenters. The fourth-order valence-electron chi connectivity index (χ4n) is 0.879. The van der Waals surface area contributed by atoms with Gasteiger partial charge in [-0.15, -0.1) is 0 Å². The van der Waals surface area contributed by atoms with E-state index in [9.17, 15) is 4.79 Å². The van der Waals surface area contributed by atoms with Gasteiger partial charge in [0.2, 0.25) is 0 Å². The Labute approximate surface area is 81.8 Å². The van der Waals surface area contributed by atoms with Crippen LogP contribution in [0.25, 0.3) is 0 Å². The van der Waals surface area contributed by atoms with Crippen LogP contribution in [0.2, 0.25) is 5.02 Å². The molecule has 1 rings (SSSR count). The van der Waals surface area contributed by atoms with Gasteiger partial charge in [0.15, 0.2) is 6.29 Å². The van der Waals surface area contributed by atoms with Crippen molar-refractivity contribution in [1.82, 2.24) is 0 Å². The minimum atomic E-state index is 0.362. The number of ether oxygens (including phenoxy) is 1. The van der Waals surface area contributed by atoms with E-state index in [1.807, 2.05) is 0 Å². The Morgan fingerprint density at radius 2 is 2.31 bits per heavy atom. The number of hydrogen-bond acceptors (Lipinski definition) is 2. The van der Waals surface area contributed by atoms with Crippen LogP contribution in [-0.4, -0.2) is 12.9 Å². The summed E-state index contributed by atoms with van der Waals surface area (Å²) in [5.74, 6) is 0.488. The van der Waals surface area contributed by atoms with Crippen LogP contribution in [0.1, 0.15) is 10.4 Å². The van der Waals surface area contributed by atoms with E-state index < -0.39 is 0 Å². The lowest BCUT2D eigenvalue weighted by molar-refractivity contribution is 0.112. The molecular weight excluding hydrogens is 188 g/mol. The van der Waals surface area contributed by atoms with Gasteiger partial charge in [0.1, 0.15) is 12.4 Å². The Morgan fingerprint density at radius 3 is 2.92 bits per heavy atom. The molecule has 0 heterocycles. The highest BCUT2D eigenvalue weighted by atomic mass is 35.5. The first kappa shape index (κ1) is 9.81. The first-order chi connectivity index (χ1) is 6.27. The van der Waals surface area contributed by atoms with Gasteiger partial charge in [-0.2, -0.15) is 0 Å². The number of benzene rings is 1.